The number of hydrogen-bond acceptors (Lipinski definition) is 7. The van der Waals surface area contributed by atoms with Gasteiger partial charge in [0.15, 0.2) is 0 Å². The fourth-order valence-electron chi connectivity index (χ4n) is 2.92. The number of alkyl halides is 3. The number of benzene rings is 1. The van der Waals surface area contributed by atoms with Crippen LogP contribution in [0.2, 0.25) is 10.0 Å². The molecule has 1 aromatic carbocycles. The summed E-state index contributed by atoms with van der Waals surface area (Å²) < 4.78 is 62.9. The summed E-state index contributed by atoms with van der Waals surface area (Å²) in [5.74, 6) is -1.02. The molecule has 0 aliphatic carbocycles. The zero-order valence-electron chi connectivity index (χ0n) is 19.2. The van der Waals surface area contributed by atoms with Crippen molar-refractivity contribution in [2.24, 2.45) is 0 Å². The Bertz CT molecular complexity index is 1420. The molecule has 0 saturated heterocycles. The Kier molecular flexibility index (Phi) is 9.95. The first kappa shape index (κ1) is 29.6. The van der Waals surface area contributed by atoms with E-state index in [1.807, 2.05) is 4.83 Å². The van der Waals surface area contributed by atoms with E-state index in [0.717, 1.165) is 17.4 Å². The smallest absolute Gasteiger partial charge is 0.369 e. The van der Waals surface area contributed by atoms with Crippen LogP contribution in [0.1, 0.15) is 33.6 Å². The van der Waals surface area contributed by atoms with Crippen molar-refractivity contribution < 1.29 is 31.2 Å². The van der Waals surface area contributed by atoms with Crippen molar-refractivity contribution in [3.8, 4) is 0 Å². The maximum Gasteiger partial charge on any atom is 0.417 e. The molecule has 2 aromatic heterocycles. The summed E-state index contributed by atoms with van der Waals surface area (Å²) >= 11 is 12.7. The predicted molar refractivity (Wildman–Crippen MR) is 137 cm³/mol. The van der Waals surface area contributed by atoms with Crippen molar-refractivity contribution in [3.63, 3.8) is 0 Å². The molecule has 38 heavy (non-hydrogen) atoms. The Morgan fingerprint density at radius 3 is 2.47 bits per heavy atom. The van der Waals surface area contributed by atoms with E-state index in [1.54, 1.807) is 24.3 Å². The molecule has 0 saturated carbocycles. The second kappa shape index (κ2) is 12.8. The van der Waals surface area contributed by atoms with Crippen molar-refractivity contribution >= 4 is 62.2 Å². The van der Waals surface area contributed by atoms with Crippen LogP contribution in [0, 0.1) is 0 Å². The van der Waals surface area contributed by atoms with Gasteiger partial charge in [0, 0.05) is 24.0 Å². The van der Waals surface area contributed by atoms with Gasteiger partial charge in [-0.25, -0.2) is 13.4 Å². The summed E-state index contributed by atoms with van der Waals surface area (Å²) in [4.78, 5) is 30.4. The fourth-order valence-corrected chi connectivity index (χ4v) is 5.53. The molecule has 9 nitrogen and oxygen atoms in total. The van der Waals surface area contributed by atoms with E-state index in [1.165, 1.54) is 12.1 Å². The third-order valence-electron chi connectivity index (χ3n) is 4.81. The van der Waals surface area contributed by atoms with Crippen LogP contribution in [0.25, 0.3) is 0 Å². The van der Waals surface area contributed by atoms with Gasteiger partial charge in [0.05, 0.1) is 27.7 Å². The van der Waals surface area contributed by atoms with Crippen molar-refractivity contribution in [1.82, 2.24) is 20.6 Å². The number of rotatable bonds is 11. The lowest BCUT2D eigenvalue weighted by molar-refractivity contribution is -0.137. The molecule has 2 heterocycles. The summed E-state index contributed by atoms with van der Waals surface area (Å²) in [6.07, 6.45) is -3.82. The van der Waals surface area contributed by atoms with Crippen LogP contribution in [-0.2, 0) is 27.5 Å². The third-order valence-corrected chi connectivity index (χ3v) is 8.25. The highest BCUT2D eigenvalue weighted by atomic mass is 35.5. The number of anilines is 1. The maximum atomic E-state index is 12.7. The highest BCUT2D eigenvalue weighted by molar-refractivity contribution is 7.91. The molecular formula is C22H20Cl2F3N5O4S2. The quantitative estimate of drug-likeness (QED) is 0.186. The molecule has 0 fully saturated rings. The van der Waals surface area contributed by atoms with Crippen LogP contribution in [0.15, 0.2) is 52.9 Å². The summed E-state index contributed by atoms with van der Waals surface area (Å²) in [5.41, 5.74) is 1.40. The van der Waals surface area contributed by atoms with Gasteiger partial charge < -0.3 is 10.6 Å². The van der Waals surface area contributed by atoms with Gasteiger partial charge in [0.2, 0.25) is 5.91 Å². The summed E-state index contributed by atoms with van der Waals surface area (Å²) in [7, 11) is -4.06. The van der Waals surface area contributed by atoms with Crippen LogP contribution in [-0.4, -0.2) is 31.8 Å². The van der Waals surface area contributed by atoms with E-state index in [2.05, 4.69) is 21.0 Å². The largest absolute Gasteiger partial charge is 0.417 e. The van der Waals surface area contributed by atoms with Gasteiger partial charge in [0.1, 0.15) is 10.0 Å². The second-order valence-electron chi connectivity index (χ2n) is 7.62. The molecule has 2 amide bonds. The number of nitrogens with one attached hydrogen (secondary N) is 4. The Morgan fingerprint density at radius 1 is 1.05 bits per heavy atom. The van der Waals surface area contributed by atoms with Crippen molar-refractivity contribution in [1.29, 1.82) is 0 Å². The van der Waals surface area contributed by atoms with E-state index in [-0.39, 0.29) is 51.6 Å². The molecule has 0 radical (unpaired) electrons. The van der Waals surface area contributed by atoms with E-state index in [4.69, 9.17) is 23.2 Å². The van der Waals surface area contributed by atoms with Crippen LogP contribution >= 0.6 is 34.5 Å². The number of halogens is 5. The Hall–Kier alpha value is -2.91. The van der Waals surface area contributed by atoms with Gasteiger partial charge in [0.25, 0.3) is 15.9 Å². The van der Waals surface area contributed by atoms with Gasteiger partial charge in [-0.15, -0.1) is 16.2 Å². The topological polar surface area (TPSA) is 129 Å². The molecule has 3 rings (SSSR count). The number of thiophene rings is 1. The van der Waals surface area contributed by atoms with E-state index >= 15 is 0 Å². The fraction of sp³-hybridized carbons (Fsp3) is 0.227. The number of sulfonamides is 1. The minimum atomic E-state index is -4.57. The molecule has 16 heteroatoms. The summed E-state index contributed by atoms with van der Waals surface area (Å²) in [6, 6.07) is 10.1. The molecular weight excluding hydrogens is 590 g/mol. The monoisotopic (exact) mass is 609 g/mol. The number of carbonyl (C=O) groups excluding carboxylic acids is 2. The Morgan fingerprint density at radius 2 is 1.79 bits per heavy atom. The molecule has 0 atom stereocenters. The average Bonchev–Trinajstić information content (AvgIpc) is 3.34. The van der Waals surface area contributed by atoms with Crippen LogP contribution in [0.3, 0.4) is 0 Å². The lowest BCUT2D eigenvalue weighted by Gasteiger charge is -2.11. The lowest BCUT2D eigenvalue weighted by atomic mass is 10.2. The van der Waals surface area contributed by atoms with Crippen LogP contribution < -0.4 is 20.9 Å². The number of carbonyl (C=O) groups is 2. The summed E-state index contributed by atoms with van der Waals surface area (Å²) in [6.45, 7) is 0.216. The molecule has 3 aromatic rings. The Labute approximate surface area is 229 Å². The average molecular weight is 610 g/mol. The minimum Gasteiger partial charge on any atom is -0.369 e. The van der Waals surface area contributed by atoms with Crippen molar-refractivity contribution in [2.75, 3.05) is 11.9 Å². The number of nitrogens with zero attached hydrogens (tertiary/aromatic N) is 1. The molecule has 0 aliphatic heterocycles. The highest BCUT2D eigenvalue weighted by Crippen LogP contribution is 2.32. The highest BCUT2D eigenvalue weighted by Gasteiger charge is 2.31. The molecule has 0 spiro atoms. The zero-order valence-corrected chi connectivity index (χ0v) is 22.4. The van der Waals surface area contributed by atoms with Gasteiger partial charge in [-0.2, -0.15) is 13.2 Å². The molecule has 0 aliphatic rings. The Balaban J connectivity index is 1.42. The lowest BCUT2D eigenvalue weighted by Crippen LogP contribution is -2.41. The number of hydrazine groups is 1. The first-order valence-corrected chi connectivity index (χ1v) is 13.8. The van der Waals surface area contributed by atoms with Crippen LogP contribution in [0.5, 0.6) is 0 Å². The summed E-state index contributed by atoms with van der Waals surface area (Å²) in [5, 5.41) is 5.44. The SMILES string of the molecule is O=C(CCCNc1ncc(C(F)(F)F)cc1Cl)NNS(=O)(=O)c1ccc(CNC(=O)c2ccccc2Cl)s1. The maximum absolute atomic E-state index is 12.7. The van der Waals surface area contributed by atoms with E-state index < -0.39 is 33.6 Å². The van der Waals surface area contributed by atoms with E-state index in [9.17, 15) is 31.2 Å². The number of aromatic nitrogens is 1. The standard InChI is InChI=1S/C22H20Cl2F3N5O4S2/c23-16-5-2-1-4-15(16)21(34)30-12-14-7-8-19(37-14)38(35,36)32-31-18(33)6-3-9-28-20-17(24)10-13(11-29-20)22(25,26)27/h1-2,4-5,7-8,10-11,32H,3,6,9,12H2,(H,28,29)(H,30,34)(H,31,33). The first-order chi connectivity index (χ1) is 17.9. The van der Waals surface area contributed by atoms with E-state index in [0.29, 0.717) is 11.1 Å². The molecule has 204 valence electrons. The zero-order chi connectivity index (χ0) is 27.9. The van der Waals surface area contributed by atoms with Crippen LogP contribution in [0.4, 0.5) is 19.0 Å². The number of amides is 2. The van der Waals surface area contributed by atoms with Gasteiger partial charge in [-0.1, -0.05) is 35.3 Å². The molecule has 0 unspecified atom stereocenters. The van der Waals surface area contributed by atoms with Gasteiger partial charge in [-0.3, -0.25) is 15.0 Å². The number of hydrogen-bond donors (Lipinski definition) is 4. The van der Waals surface area contributed by atoms with Crippen molar-refractivity contribution in [3.05, 3.63) is 74.7 Å². The molecule has 4 N–H and O–H groups in total. The van der Waals surface area contributed by atoms with Gasteiger partial charge >= 0.3 is 6.18 Å². The first-order valence-electron chi connectivity index (χ1n) is 10.8. The number of pyridine rings is 1. The molecule has 0 bridgehead atoms. The van der Waals surface area contributed by atoms with Gasteiger partial charge in [-0.05, 0) is 36.8 Å². The predicted octanol–water partition coefficient (Wildman–Crippen LogP) is 4.60. The van der Waals surface area contributed by atoms with Crippen molar-refractivity contribution in [2.45, 2.75) is 29.8 Å². The minimum absolute atomic E-state index is 0.0253. The normalized spacial score (nSPS) is 11.7. The second-order valence-corrected chi connectivity index (χ2v) is 11.5. The third kappa shape index (κ3) is 8.30.